The summed E-state index contributed by atoms with van der Waals surface area (Å²) < 4.78 is 5.12. The fourth-order valence-corrected chi connectivity index (χ4v) is 3.02. The maximum Gasteiger partial charge on any atom is 0.264 e. The molecular formula is C15H21N3O3. The number of aromatic amines is 1. The number of carbonyl (C=O) groups is 1. The summed E-state index contributed by atoms with van der Waals surface area (Å²) in [7, 11) is 1.46. The summed E-state index contributed by atoms with van der Waals surface area (Å²) in [5, 5.41) is 2.99. The van der Waals surface area contributed by atoms with Gasteiger partial charge in [0, 0.05) is 31.4 Å². The van der Waals surface area contributed by atoms with Gasteiger partial charge in [-0.05, 0) is 24.8 Å². The van der Waals surface area contributed by atoms with E-state index in [1.807, 2.05) is 0 Å². The first-order valence-electron chi connectivity index (χ1n) is 7.40. The van der Waals surface area contributed by atoms with E-state index in [0.717, 1.165) is 13.1 Å². The van der Waals surface area contributed by atoms with Crippen LogP contribution in [0.5, 0.6) is 5.75 Å². The Morgan fingerprint density at radius 1 is 1.43 bits per heavy atom. The third kappa shape index (κ3) is 2.81. The molecule has 1 amide bonds. The minimum atomic E-state index is -0.420. The molecule has 2 aliphatic rings. The van der Waals surface area contributed by atoms with Crippen molar-refractivity contribution in [1.29, 1.82) is 0 Å². The van der Waals surface area contributed by atoms with E-state index < -0.39 is 5.56 Å². The van der Waals surface area contributed by atoms with Gasteiger partial charge in [-0.1, -0.05) is 6.92 Å². The summed E-state index contributed by atoms with van der Waals surface area (Å²) >= 11 is 0. The molecule has 2 N–H and O–H groups in total. The second-order valence-electron chi connectivity index (χ2n) is 5.99. The van der Waals surface area contributed by atoms with Gasteiger partial charge in [0.05, 0.1) is 7.11 Å². The Bertz CT molecular complexity index is 594. The summed E-state index contributed by atoms with van der Waals surface area (Å²) in [4.78, 5) is 29.2. The molecule has 2 fully saturated rings. The molecule has 1 saturated carbocycles. The number of H-pyrrole nitrogens is 1. The van der Waals surface area contributed by atoms with Crippen molar-refractivity contribution in [2.75, 3.05) is 20.2 Å². The molecule has 0 radical (unpaired) electrons. The standard InChI is InChI=1S/C15H21N3O3/c1-9-7-18(10-3-4-10)8-11(9)17-15(20)13-12(21-2)5-6-16-14(13)19/h5-6,9-11H,3-4,7-8H2,1-2H3,(H,16,19)(H,17,20). The number of rotatable bonds is 4. The molecule has 2 heterocycles. The first-order chi connectivity index (χ1) is 10.1. The van der Waals surface area contributed by atoms with Crippen LogP contribution in [0.3, 0.4) is 0 Å². The second-order valence-corrected chi connectivity index (χ2v) is 5.99. The molecule has 1 aliphatic carbocycles. The fraction of sp³-hybridized carbons (Fsp3) is 0.600. The number of carbonyl (C=O) groups excluding carboxylic acids is 1. The normalized spacial score (nSPS) is 25.8. The molecule has 1 saturated heterocycles. The van der Waals surface area contributed by atoms with Gasteiger partial charge in [0.15, 0.2) is 0 Å². The van der Waals surface area contributed by atoms with Crippen molar-refractivity contribution in [3.05, 3.63) is 28.2 Å². The Morgan fingerprint density at radius 3 is 2.86 bits per heavy atom. The van der Waals surface area contributed by atoms with Gasteiger partial charge >= 0.3 is 0 Å². The number of likely N-dealkylation sites (tertiary alicyclic amines) is 1. The van der Waals surface area contributed by atoms with Gasteiger partial charge < -0.3 is 15.0 Å². The first kappa shape index (κ1) is 14.1. The van der Waals surface area contributed by atoms with Gasteiger partial charge in [0.25, 0.3) is 11.5 Å². The Labute approximate surface area is 123 Å². The number of aromatic nitrogens is 1. The zero-order valence-electron chi connectivity index (χ0n) is 12.4. The topological polar surface area (TPSA) is 74.4 Å². The van der Waals surface area contributed by atoms with Crippen molar-refractivity contribution in [2.24, 2.45) is 5.92 Å². The quantitative estimate of drug-likeness (QED) is 0.852. The van der Waals surface area contributed by atoms with Crippen LogP contribution in [0.25, 0.3) is 0 Å². The molecule has 6 heteroatoms. The molecular weight excluding hydrogens is 270 g/mol. The number of ether oxygens (including phenoxy) is 1. The summed E-state index contributed by atoms with van der Waals surface area (Å²) in [5.41, 5.74) is -0.367. The molecule has 1 aromatic rings. The van der Waals surface area contributed by atoms with E-state index in [2.05, 4.69) is 22.1 Å². The lowest BCUT2D eigenvalue weighted by molar-refractivity contribution is 0.0926. The van der Waals surface area contributed by atoms with Crippen LogP contribution in [0, 0.1) is 5.92 Å². The van der Waals surface area contributed by atoms with Crippen LogP contribution in [0.4, 0.5) is 0 Å². The molecule has 0 bridgehead atoms. The summed E-state index contributed by atoms with van der Waals surface area (Å²) in [6.07, 6.45) is 4.00. The Kier molecular flexibility index (Phi) is 3.71. The molecule has 0 aromatic carbocycles. The van der Waals surface area contributed by atoms with Crippen molar-refractivity contribution in [2.45, 2.75) is 31.8 Å². The number of hydrogen-bond donors (Lipinski definition) is 2. The van der Waals surface area contributed by atoms with Gasteiger partial charge in [-0.3, -0.25) is 14.5 Å². The monoisotopic (exact) mass is 291 g/mol. The Balaban J connectivity index is 1.73. The van der Waals surface area contributed by atoms with Crippen LogP contribution in [0.15, 0.2) is 17.1 Å². The number of methoxy groups -OCH3 is 1. The zero-order chi connectivity index (χ0) is 15.0. The molecule has 6 nitrogen and oxygen atoms in total. The highest BCUT2D eigenvalue weighted by molar-refractivity contribution is 5.96. The molecule has 21 heavy (non-hydrogen) atoms. The van der Waals surface area contributed by atoms with Crippen molar-refractivity contribution < 1.29 is 9.53 Å². The molecule has 114 valence electrons. The second kappa shape index (κ2) is 5.52. The average Bonchev–Trinajstić information content (AvgIpc) is 3.24. The van der Waals surface area contributed by atoms with Crippen LogP contribution in [-0.2, 0) is 0 Å². The number of nitrogens with zero attached hydrogens (tertiary/aromatic N) is 1. The van der Waals surface area contributed by atoms with Gasteiger partial charge in [-0.15, -0.1) is 0 Å². The average molecular weight is 291 g/mol. The molecule has 1 aliphatic heterocycles. The van der Waals surface area contributed by atoms with Crippen molar-refractivity contribution in [3.8, 4) is 5.75 Å². The summed E-state index contributed by atoms with van der Waals surface area (Å²) in [5.74, 6) is 0.340. The van der Waals surface area contributed by atoms with E-state index >= 15 is 0 Å². The smallest absolute Gasteiger partial charge is 0.264 e. The predicted octanol–water partition coefficient (Wildman–Crippen LogP) is 0.596. The number of amides is 1. The Morgan fingerprint density at radius 2 is 2.19 bits per heavy atom. The van der Waals surface area contributed by atoms with Gasteiger partial charge in [-0.25, -0.2) is 0 Å². The van der Waals surface area contributed by atoms with Gasteiger partial charge in [0.1, 0.15) is 11.3 Å². The molecule has 3 rings (SSSR count). The van der Waals surface area contributed by atoms with Crippen LogP contribution < -0.4 is 15.6 Å². The highest BCUT2D eigenvalue weighted by Gasteiger charge is 2.39. The summed E-state index contributed by atoms with van der Waals surface area (Å²) in [6.45, 7) is 4.02. The van der Waals surface area contributed by atoms with Crippen LogP contribution in [0.2, 0.25) is 0 Å². The SMILES string of the molecule is COc1cc[nH]c(=O)c1C(=O)NC1CN(C2CC2)CC1C. The zero-order valence-corrected chi connectivity index (χ0v) is 12.4. The highest BCUT2D eigenvalue weighted by Crippen LogP contribution is 2.31. The van der Waals surface area contributed by atoms with Crippen molar-refractivity contribution in [3.63, 3.8) is 0 Å². The van der Waals surface area contributed by atoms with E-state index in [9.17, 15) is 9.59 Å². The third-order valence-corrected chi connectivity index (χ3v) is 4.39. The van der Waals surface area contributed by atoms with E-state index in [0.29, 0.717) is 17.7 Å². The molecule has 1 aromatic heterocycles. The maximum atomic E-state index is 12.4. The summed E-state index contributed by atoms with van der Waals surface area (Å²) in [6, 6.07) is 2.37. The number of nitrogens with one attached hydrogen (secondary N) is 2. The number of hydrogen-bond acceptors (Lipinski definition) is 4. The van der Waals surface area contributed by atoms with E-state index in [-0.39, 0.29) is 17.5 Å². The molecule has 2 unspecified atom stereocenters. The molecule has 2 atom stereocenters. The van der Waals surface area contributed by atoms with Gasteiger partial charge in [-0.2, -0.15) is 0 Å². The van der Waals surface area contributed by atoms with Crippen LogP contribution >= 0.6 is 0 Å². The minimum absolute atomic E-state index is 0.0528. The predicted molar refractivity (Wildman–Crippen MR) is 78.6 cm³/mol. The lowest BCUT2D eigenvalue weighted by Crippen LogP contribution is -2.42. The van der Waals surface area contributed by atoms with E-state index in [4.69, 9.17) is 4.74 Å². The number of pyridine rings is 1. The van der Waals surface area contributed by atoms with Crippen molar-refractivity contribution >= 4 is 5.91 Å². The first-order valence-corrected chi connectivity index (χ1v) is 7.40. The van der Waals surface area contributed by atoms with Gasteiger partial charge in [0.2, 0.25) is 0 Å². The Hall–Kier alpha value is -1.82. The van der Waals surface area contributed by atoms with E-state index in [1.54, 1.807) is 6.07 Å². The lowest BCUT2D eigenvalue weighted by Gasteiger charge is -2.17. The van der Waals surface area contributed by atoms with E-state index in [1.165, 1.54) is 26.1 Å². The molecule has 0 spiro atoms. The minimum Gasteiger partial charge on any atom is -0.496 e. The third-order valence-electron chi connectivity index (χ3n) is 4.39. The lowest BCUT2D eigenvalue weighted by atomic mass is 10.1. The highest BCUT2D eigenvalue weighted by atomic mass is 16.5. The van der Waals surface area contributed by atoms with Crippen LogP contribution in [-0.4, -0.2) is 48.1 Å². The fourth-order valence-electron chi connectivity index (χ4n) is 3.02. The largest absolute Gasteiger partial charge is 0.496 e. The van der Waals surface area contributed by atoms with Crippen molar-refractivity contribution in [1.82, 2.24) is 15.2 Å². The van der Waals surface area contributed by atoms with Crippen LogP contribution in [0.1, 0.15) is 30.1 Å². The maximum absolute atomic E-state index is 12.4.